The molecule has 0 fully saturated rings. The van der Waals surface area contributed by atoms with Gasteiger partial charge in [0.15, 0.2) is 9.84 Å². The largest absolute Gasteiger partial charge is 0.481 e. The number of carbonyl (C=O) groups is 2. The Morgan fingerprint density at radius 2 is 1.75 bits per heavy atom. The Hall–Kier alpha value is -1.11. The molecule has 0 aromatic rings. The van der Waals surface area contributed by atoms with Crippen molar-refractivity contribution in [1.82, 2.24) is 5.32 Å². The first kappa shape index (κ1) is 14.9. The van der Waals surface area contributed by atoms with Crippen LogP contribution in [0.4, 0.5) is 0 Å². The van der Waals surface area contributed by atoms with Gasteiger partial charge in [0.25, 0.3) is 0 Å². The molecule has 0 aliphatic carbocycles. The molecular weight excluding hydrogens is 234 g/mol. The van der Waals surface area contributed by atoms with Crippen LogP contribution < -0.4 is 5.32 Å². The highest BCUT2D eigenvalue weighted by Gasteiger charge is 2.21. The molecule has 0 spiro atoms. The number of hydrogen-bond acceptors (Lipinski definition) is 4. The van der Waals surface area contributed by atoms with Crippen LogP contribution in [0.3, 0.4) is 0 Å². The third-order valence-corrected chi connectivity index (χ3v) is 4.04. The summed E-state index contributed by atoms with van der Waals surface area (Å²) in [6, 6.07) is -0.577. The van der Waals surface area contributed by atoms with Crippen molar-refractivity contribution in [2.45, 2.75) is 38.5 Å². The molecule has 0 saturated carbocycles. The van der Waals surface area contributed by atoms with Crippen LogP contribution in [0.1, 0.15) is 27.2 Å². The van der Waals surface area contributed by atoms with Gasteiger partial charge >= 0.3 is 5.97 Å². The first-order valence-corrected chi connectivity index (χ1v) is 6.59. The summed E-state index contributed by atoms with van der Waals surface area (Å²) in [6.07, 6.45) is -0.229. The molecule has 0 aromatic carbocycles. The lowest BCUT2D eigenvalue weighted by atomic mass is 10.2. The quantitative estimate of drug-likeness (QED) is 0.680. The molecule has 0 aromatic heterocycles. The van der Waals surface area contributed by atoms with Crippen LogP contribution in [-0.4, -0.2) is 42.4 Å². The van der Waals surface area contributed by atoms with Crippen LogP contribution in [0.15, 0.2) is 0 Å². The van der Waals surface area contributed by atoms with Gasteiger partial charge in [0.05, 0.1) is 11.7 Å². The molecule has 1 atom stereocenters. The second-order valence-electron chi connectivity index (χ2n) is 3.92. The zero-order valence-electron chi connectivity index (χ0n) is 9.56. The van der Waals surface area contributed by atoms with Crippen molar-refractivity contribution >= 4 is 21.7 Å². The highest BCUT2D eigenvalue weighted by Crippen LogP contribution is 2.00. The number of carboxylic acids is 1. The standard InChI is InChI=1S/C9H17NO5S/c1-6(2)16(14,15)5-8(11)10-7(3)4-9(12)13/h6-7H,4-5H2,1-3H3,(H,10,11)(H,12,13). The Morgan fingerprint density at radius 1 is 1.25 bits per heavy atom. The van der Waals surface area contributed by atoms with E-state index < -0.39 is 38.8 Å². The molecule has 0 bridgehead atoms. The predicted molar refractivity (Wildman–Crippen MR) is 58.8 cm³/mol. The van der Waals surface area contributed by atoms with Gasteiger partial charge in [-0.1, -0.05) is 0 Å². The third kappa shape index (κ3) is 5.69. The van der Waals surface area contributed by atoms with Gasteiger partial charge in [-0.15, -0.1) is 0 Å². The molecule has 0 radical (unpaired) electrons. The maximum Gasteiger partial charge on any atom is 0.305 e. The van der Waals surface area contributed by atoms with E-state index >= 15 is 0 Å². The van der Waals surface area contributed by atoms with Gasteiger partial charge in [0.1, 0.15) is 5.75 Å². The van der Waals surface area contributed by atoms with Gasteiger partial charge in [-0.25, -0.2) is 8.42 Å². The predicted octanol–water partition coefficient (Wildman–Crippen LogP) is -0.211. The number of nitrogens with one attached hydrogen (secondary N) is 1. The second kappa shape index (κ2) is 5.83. The second-order valence-corrected chi connectivity index (χ2v) is 6.48. The molecule has 0 saturated heterocycles. The first-order valence-electron chi connectivity index (χ1n) is 4.88. The number of rotatable bonds is 6. The molecule has 7 heteroatoms. The fraction of sp³-hybridized carbons (Fsp3) is 0.778. The van der Waals surface area contributed by atoms with Crippen molar-refractivity contribution in [2.24, 2.45) is 0 Å². The van der Waals surface area contributed by atoms with E-state index in [4.69, 9.17) is 5.11 Å². The molecule has 1 amide bonds. The maximum atomic E-state index is 11.4. The number of aliphatic carboxylic acids is 1. The Morgan fingerprint density at radius 3 is 2.12 bits per heavy atom. The Balaban J connectivity index is 4.25. The van der Waals surface area contributed by atoms with Gasteiger partial charge in [0.2, 0.25) is 5.91 Å². The summed E-state index contributed by atoms with van der Waals surface area (Å²) in [5, 5.41) is 10.2. The summed E-state index contributed by atoms with van der Waals surface area (Å²) in [7, 11) is -3.43. The highest BCUT2D eigenvalue weighted by atomic mass is 32.2. The Kier molecular flexibility index (Phi) is 5.43. The molecule has 0 heterocycles. The van der Waals surface area contributed by atoms with E-state index in [0.29, 0.717) is 0 Å². The van der Waals surface area contributed by atoms with Crippen LogP contribution in [0.2, 0.25) is 0 Å². The minimum Gasteiger partial charge on any atom is -0.481 e. The van der Waals surface area contributed by atoms with Crippen molar-refractivity contribution < 1.29 is 23.1 Å². The van der Waals surface area contributed by atoms with Gasteiger partial charge < -0.3 is 10.4 Å². The van der Waals surface area contributed by atoms with Crippen LogP contribution in [0.5, 0.6) is 0 Å². The third-order valence-electron chi connectivity index (χ3n) is 1.94. The molecular formula is C9H17NO5S. The van der Waals surface area contributed by atoms with Crippen molar-refractivity contribution in [3.8, 4) is 0 Å². The van der Waals surface area contributed by atoms with Crippen LogP contribution in [0, 0.1) is 0 Å². The van der Waals surface area contributed by atoms with Gasteiger partial charge in [-0.05, 0) is 20.8 Å². The summed E-state index contributed by atoms with van der Waals surface area (Å²) in [4.78, 5) is 21.6. The van der Waals surface area contributed by atoms with E-state index in [1.807, 2.05) is 0 Å². The molecule has 0 rings (SSSR count). The Bertz CT molecular complexity index is 360. The van der Waals surface area contributed by atoms with Crippen molar-refractivity contribution in [3.63, 3.8) is 0 Å². The molecule has 1 unspecified atom stereocenters. The van der Waals surface area contributed by atoms with Crippen molar-refractivity contribution in [2.75, 3.05) is 5.75 Å². The average molecular weight is 251 g/mol. The minimum absolute atomic E-state index is 0.229. The average Bonchev–Trinajstić information content (AvgIpc) is 1.99. The molecule has 0 aliphatic heterocycles. The van der Waals surface area contributed by atoms with E-state index in [9.17, 15) is 18.0 Å². The number of carbonyl (C=O) groups excluding carboxylic acids is 1. The van der Waals surface area contributed by atoms with E-state index in [0.717, 1.165) is 0 Å². The van der Waals surface area contributed by atoms with Crippen LogP contribution >= 0.6 is 0 Å². The number of sulfone groups is 1. The van der Waals surface area contributed by atoms with Gasteiger partial charge in [-0.3, -0.25) is 9.59 Å². The molecule has 94 valence electrons. The normalized spacial score (nSPS) is 13.5. The van der Waals surface area contributed by atoms with E-state index in [2.05, 4.69) is 5.32 Å². The SMILES string of the molecule is CC(CC(=O)O)NC(=O)CS(=O)(=O)C(C)C. The highest BCUT2D eigenvalue weighted by molar-refractivity contribution is 7.92. The monoisotopic (exact) mass is 251 g/mol. The summed E-state index contributed by atoms with van der Waals surface area (Å²) in [5.74, 6) is -2.31. The Labute approximate surface area is 95.0 Å². The van der Waals surface area contributed by atoms with E-state index in [-0.39, 0.29) is 6.42 Å². The number of carboxylic acid groups (broad SMARTS) is 1. The lowest BCUT2D eigenvalue weighted by molar-refractivity contribution is -0.137. The molecule has 16 heavy (non-hydrogen) atoms. The lowest BCUT2D eigenvalue weighted by Gasteiger charge is -2.12. The van der Waals surface area contributed by atoms with Crippen molar-refractivity contribution in [3.05, 3.63) is 0 Å². The fourth-order valence-corrected chi connectivity index (χ4v) is 1.76. The minimum atomic E-state index is -3.43. The molecule has 2 N–H and O–H groups in total. The lowest BCUT2D eigenvalue weighted by Crippen LogP contribution is -2.39. The summed E-state index contributed by atoms with van der Waals surface area (Å²) >= 11 is 0. The molecule has 0 aliphatic rings. The van der Waals surface area contributed by atoms with Gasteiger partial charge in [0, 0.05) is 6.04 Å². The summed E-state index contributed by atoms with van der Waals surface area (Å²) in [5.41, 5.74) is 0. The van der Waals surface area contributed by atoms with E-state index in [1.165, 1.54) is 20.8 Å². The molecule has 6 nitrogen and oxygen atoms in total. The first-order chi connectivity index (χ1) is 7.15. The van der Waals surface area contributed by atoms with Crippen LogP contribution in [-0.2, 0) is 19.4 Å². The van der Waals surface area contributed by atoms with Crippen LogP contribution in [0.25, 0.3) is 0 Å². The topological polar surface area (TPSA) is 101 Å². The summed E-state index contributed by atoms with van der Waals surface area (Å²) < 4.78 is 22.7. The fourth-order valence-electron chi connectivity index (χ4n) is 0.979. The smallest absolute Gasteiger partial charge is 0.305 e. The zero-order valence-corrected chi connectivity index (χ0v) is 10.4. The van der Waals surface area contributed by atoms with Gasteiger partial charge in [-0.2, -0.15) is 0 Å². The number of hydrogen-bond donors (Lipinski definition) is 2. The maximum absolute atomic E-state index is 11.4. The summed E-state index contributed by atoms with van der Waals surface area (Å²) in [6.45, 7) is 4.49. The zero-order chi connectivity index (χ0) is 12.9. The van der Waals surface area contributed by atoms with E-state index in [1.54, 1.807) is 0 Å². The number of amides is 1. The van der Waals surface area contributed by atoms with Crippen molar-refractivity contribution in [1.29, 1.82) is 0 Å².